The summed E-state index contributed by atoms with van der Waals surface area (Å²) in [6, 6.07) is 0. The Morgan fingerprint density at radius 3 is 1.20 bits per heavy atom. The molecule has 0 bridgehead atoms. The van der Waals surface area contributed by atoms with E-state index in [1.54, 1.807) is 0 Å². The molecule has 17 heteroatoms. The van der Waals surface area contributed by atoms with E-state index in [-0.39, 0.29) is 45.5 Å². The molecule has 0 aliphatic rings. The van der Waals surface area contributed by atoms with E-state index in [0.717, 1.165) is 128 Å². The zero-order valence-electron chi connectivity index (χ0n) is 50.2. The molecule has 6 N–H and O–H groups in total. The van der Waals surface area contributed by atoms with Crippen molar-refractivity contribution in [2.75, 3.05) is 19.8 Å². The minimum Gasteiger partial charge on any atom is -0.462 e. The van der Waals surface area contributed by atoms with E-state index in [4.69, 9.17) is 44.6 Å². The van der Waals surface area contributed by atoms with Crippen molar-refractivity contribution in [2.24, 2.45) is 0 Å². The van der Waals surface area contributed by atoms with Crippen LogP contribution in [0.3, 0.4) is 0 Å². The molecule has 0 spiro atoms. The molecule has 0 aromatic carbocycles. The first kappa shape index (κ1) is 75.9. The molecule has 0 heterocycles. The van der Waals surface area contributed by atoms with Crippen LogP contribution in [-0.2, 0) is 52.4 Å². The average molecular weight is 1140 g/mol. The van der Waals surface area contributed by atoms with E-state index in [0.29, 0.717) is 63.8 Å². The third-order valence-electron chi connectivity index (χ3n) is 14.4. The first-order valence-electron chi connectivity index (χ1n) is 31.6. The van der Waals surface area contributed by atoms with E-state index in [2.05, 4.69) is 26.0 Å². The number of aliphatic hydroxyl groups is 3. The lowest BCUT2D eigenvalue weighted by Crippen LogP contribution is -2.40. The number of aliphatic hydroxyl groups excluding tert-OH is 3. The van der Waals surface area contributed by atoms with Gasteiger partial charge in [0.15, 0.2) is 6.10 Å². The largest absolute Gasteiger partial charge is 0.462 e. The minimum absolute atomic E-state index is 0.0110. The molecule has 0 radical (unpaired) electrons. The van der Waals surface area contributed by atoms with Crippen LogP contribution in [0.2, 0.25) is 0 Å². The van der Waals surface area contributed by atoms with E-state index >= 15 is 0 Å². The normalized spacial score (nSPS) is 14.1. The van der Waals surface area contributed by atoms with Crippen molar-refractivity contribution in [3.63, 3.8) is 0 Å². The maximum absolute atomic E-state index is 13.0. The van der Waals surface area contributed by atoms with Gasteiger partial charge >= 0.3 is 29.8 Å². The highest BCUT2D eigenvalue weighted by molar-refractivity contribution is 6.22. The van der Waals surface area contributed by atoms with Crippen LogP contribution in [0.25, 0.3) is 0 Å². The zero-order chi connectivity index (χ0) is 59.1. The summed E-state index contributed by atoms with van der Waals surface area (Å²) in [5.74, 6) is -3.00. The Kier molecular flexibility index (Phi) is 52.7. The van der Waals surface area contributed by atoms with Gasteiger partial charge in [-0.25, -0.2) is 9.59 Å². The van der Waals surface area contributed by atoms with Crippen LogP contribution in [0.15, 0.2) is 12.2 Å². The van der Waals surface area contributed by atoms with Crippen molar-refractivity contribution in [1.82, 2.24) is 0 Å². The molecule has 80 heavy (non-hydrogen) atoms. The third kappa shape index (κ3) is 46.5. The highest BCUT2D eigenvalue weighted by Crippen LogP contribution is 2.22. The summed E-state index contributed by atoms with van der Waals surface area (Å²) in [5, 5.41) is 54.5. The van der Waals surface area contributed by atoms with E-state index in [1.807, 2.05) is 6.92 Å². The summed E-state index contributed by atoms with van der Waals surface area (Å²) in [6.07, 6.45) is 34.1. The zero-order valence-corrected chi connectivity index (χ0v) is 50.2. The van der Waals surface area contributed by atoms with Crippen LogP contribution in [0, 0.1) is 16.2 Å². The molecule has 0 amide bonds. The summed E-state index contributed by atoms with van der Waals surface area (Å²) in [4.78, 5) is 62.5. The van der Waals surface area contributed by atoms with Crippen molar-refractivity contribution < 1.29 is 67.7 Å². The number of carbonyl (C=O) groups excluding carboxylic acids is 5. The smallest absolute Gasteiger partial charge is 0.349 e. The maximum atomic E-state index is 13.0. The fraction of sp³-hybridized carbons (Fsp3) is 0.841. The van der Waals surface area contributed by atoms with Gasteiger partial charge in [-0.1, -0.05) is 187 Å². The Labute approximate surface area is 483 Å². The molecule has 0 fully saturated rings. The standard InChI is InChI=1S/C63H113N3O14/c1-4-7-10-12-14-15-16-17-18-19-20-21-22-28-37-44-61(72)78-52(51-77-60(71)43-36-30-24-27-34-41-56(79-62(73)48-65)53(67)39-32-25-13-11-8-5-2)50-76-59(70)42-35-29-23-26-33-40-54(68)57(75-46-45-64)47-58(80-63(74)49-66)55(69)38-31-9-6-3/h17-18,45,48-49,52-58,64-69H,4-16,19-44,46-47,50-51H2,1-3H3. The fourth-order valence-electron chi connectivity index (χ4n) is 9.53. The van der Waals surface area contributed by atoms with Gasteiger partial charge in [-0.2, -0.15) is 0 Å². The van der Waals surface area contributed by atoms with Gasteiger partial charge in [-0.05, 0) is 77.0 Å². The molecule has 17 nitrogen and oxygen atoms in total. The lowest BCUT2D eigenvalue weighted by atomic mass is 9.96. The molecule has 7 atom stereocenters. The molecular formula is C63H113N3O14. The molecule has 0 aliphatic heterocycles. The van der Waals surface area contributed by atoms with Crippen LogP contribution in [-0.4, -0.2) is 126 Å². The highest BCUT2D eigenvalue weighted by atomic mass is 16.6. The van der Waals surface area contributed by atoms with Crippen molar-refractivity contribution in [1.29, 1.82) is 16.2 Å². The van der Waals surface area contributed by atoms with E-state index < -0.39 is 72.6 Å². The number of unbranched alkanes of at least 4 members (excludes halogenated alkanes) is 26. The van der Waals surface area contributed by atoms with E-state index in [1.165, 1.54) is 57.8 Å². The number of ether oxygens (including phenoxy) is 6. The van der Waals surface area contributed by atoms with Gasteiger partial charge in [0.05, 0.1) is 31.0 Å². The number of nitrogens with one attached hydrogen (secondary N) is 3. The number of carbonyl (C=O) groups is 5. The van der Waals surface area contributed by atoms with Crippen LogP contribution < -0.4 is 0 Å². The lowest BCUT2D eigenvalue weighted by molar-refractivity contribution is -0.167. The second-order valence-electron chi connectivity index (χ2n) is 21.7. The summed E-state index contributed by atoms with van der Waals surface area (Å²) in [7, 11) is 0. The number of rotatable bonds is 59. The van der Waals surface area contributed by atoms with Crippen LogP contribution in [0.4, 0.5) is 0 Å². The fourth-order valence-corrected chi connectivity index (χ4v) is 9.53. The van der Waals surface area contributed by atoms with Gasteiger partial charge in [0.1, 0.15) is 37.9 Å². The van der Waals surface area contributed by atoms with Crippen molar-refractivity contribution in [3.05, 3.63) is 12.2 Å². The van der Waals surface area contributed by atoms with E-state index in [9.17, 15) is 39.3 Å². The first-order valence-corrected chi connectivity index (χ1v) is 31.6. The van der Waals surface area contributed by atoms with Gasteiger partial charge in [0.2, 0.25) is 0 Å². The number of esters is 5. The van der Waals surface area contributed by atoms with Gasteiger partial charge in [-0.15, -0.1) is 0 Å². The van der Waals surface area contributed by atoms with Gasteiger partial charge in [-0.3, -0.25) is 14.4 Å². The SMILES string of the molecule is CCCCCCCCC=CCCCCCCCC(=O)OC(COC(=O)CCCCCCCC(O)C(CC(OC(=O)C=N)C(O)CCCCC)OCC=N)COC(=O)CCCCCCCC(OC(=O)C=N)C(O)CCCCCCCC. The van der Waals surface area contributed by atoms with Crippen LogP contribution in [0.1, 0.15) is 278 Å². The Balaban J connectivity index is 5.07. The van der Waals surface area contributed by atoms with Gasteiger partial charge < -0.3 is 60.0 Å². The second-order valence-corrected chi connectivity index (χ2v) is 21.7. The Bertz CT molecular complexity index is 1600. The van der Waals surface area contributed by atoms with Crippen molar-refractivity contribution >= 4 is 48.5 Å². The Morgan fingerprint density at radius 2 is 0.750 bits per heavy atom. The third-order valence-corrected chi connectivity index (χ3v) is 14.4. The summed E-state index contributed by atoms with van der Waals surface area (Å²) in [5.41, 5.74) is 0. The minimum atomic E-state index is -0.992. The number of hydrogen-bond donors (Lipinski definition) is 6. The lowest BCUT2D eigenvalue weighted by Gasteiger charge is -2.29. The summed E-state index contributed by atoms with van der Waals surface area (Å²) in [6.45, 7) is 5.90. The topological polar surface area (TPSA) is 273 Å². The quantitative estimate of drug-likeness (QED) is 0.0109. The van der Waals surface area contributed by atoms with Gasteiger partial charge in [0.25, 0.3) is 0 Å². The van der Waals surface area contributed by atoms with Crippen molar-refractivity contribution in [2.45, 2.75) is 320 Å². The van der Waals surface area contributed by atoms with Crippen molar-refractivity contribution in [3.8, 4) is 0 Å². The predicted octanol–water partition coefficient (Wildman–Crippen LogP) is 13.4. The molecule has 0 aliphatic carbocycles. The second kappa shape index (κ2) is 55.5. The molecule has 0 aromatic rings. The Hall–Kier alpha value is -4.06. The molecular weight excluding hydrogens is 1020 g/mol. The van der Waals surface area contributed by atoms with Gasteiger partial charge in [0, 0.05) is 31.9 Å². The number of allylic oxidation sites excluding steroid dienone is 2. The first-order chi connectivity index (χ1) is 38.8. The maximum Gasteiger partial charge on any atom is 0.349 e. The van der Waals surface area contributed by atoms with Crippen LogP contribution >= 0.6 is 0 Å². The molecule has 7 unspecified atom stereocenters. The predicted molar refractivity (Wildman–Crippen MR) is 317 cm³/mol. The Morgan fingerprint density at radius 1 is 0.400 bits per heavy atom. The van der Waals surface area contributed by atoms with Crippen LogP contribution in [0.5, 0.6) is 0 Å². The average Bonchev–Trinajstić information content (AvgIpc) is 3.45. The molecule has 0 saturated heterocycles. The monoisotopic (exact) mass is 1140 g/mol. The summed E-state index contributed by atoms with van der Waals surface area (Å²) < 4.78 is 33.2. The molecule has 0 aromatic heterocycles. The highest BCUT2D eigenvalue weighted by Gasteiger charge is 2.31. The molecule has 0 rings (SSSR count). The summed E-state index contributed by atoms with van der Waals surface area (Å²) >= 11 is 0. The molecule has 0 saturated carbocycles. The number of hydrogen-bond acceptors (Lipinski definition) is 17. The molecule has 464 valence electrons.